The molecule has 3 rings (SSSR count). The van der Waals surface area contributed by atoms with Crippen molar-refractivity contribution in [3.8, 4) is 0 Å². The molecular formula is C21H22N7+. The van der Waals surface area contributed by atoms with Crippen molar-refractivity contribution in [3.05, 3.63) is 72.8 Å². The highest BCUT2D eigenvalue weighted by Crippen LogP contribution is 2.23. The van der Waals surface area contributed by atoms with E-state index in [0.717, 1.165) is 39.0 Å². The number of azo groups is 3. The van der Waals surface area contributed by atoms with Gasteiger partial charge >= 0.3 is 0 Å². The summed E-state index contributed by atoms with van der Waals surface area (Å²) >= 11 is 0. The summed E-state index contributed by atoms with van der Waals surface area (Å²) in [5.74, 6) is 0. The topological polar surface area (TPSA) is 78.6 Å². The van der Waals surface area contributed by atoms with Gasteiger partial charge in [0.15, 0.2) is 0 Å². The quantitative estimate of drug-likeness (QED) is 0.515. The van der Waals surface area contributed by atoms with E-state index >= 15 is 0 Å². The van der Waals surface area contributed by atoms with Crippen molar-refractivity contribution in [2.24, 2.45) is 30.7 Å². The Morgan fingerprint density at radius 3 is 0.893 bits per heavy atom. The first-order chi connectivity index (χ1) is 13.7. The lowest BCUT2D eigenvalue weighted by Gasteiger charge is -2.18. The van der Waals surface area contributed by atoms with Gasteiger partial charge in [-0.1, -0.05) is 0 Å². The summed E-state index contributed by atoms with van der Waals surface area (Å²) < 4.78 is 0. The van der Waals surface area contributed by atoms with Gasteiger partial charge in [0.1, 0.15) is 17.1 Å². The fourth-order valence-corrected chi connectivity index (χ4v) is 2.93. The zero-order chi connectivity index (χ0) is 19.8. The molecule has 0 aromatic heterocycles. The third-order valence-electron chi connectivity index (χ3n) is 4.11. The van der Waals surface area contributed by atoms with Gasteiger partial charge in [-0.15, -0.1) is 0 Å². The molecule has 0 spiro atoms. The number of hydrogen-bond donors (Lipinski definition) is 1. The van der Waals surface area contributed by atoms with Crippen LogP contribution in [0.15, 0.2) is 103 Å². The molecule has 1 N–H and O–H groups in total. The van der Waals surface area contributed by atoms with Crippen LogP contribution in [0.3, 0.4) is 0 Å². The number of benzene rings is 3. The van der Waals surface area contributed by atoms with E-state index in [0.29, 0.717) is 0 Å². The van der Waals surface area contributed by atoms with Crippen molar-refractivity contribution < 1.29 is 4.90 Å². The van der Waals surface area contributed by atoms with E-state index in [2.05, 4.69) is 67.1 Å². The Morgan fingerprint density at radius 1 is 0.429 bits per heavy atom. The highest BCUT2D eigenvalue weighted by atomic mass is 15.1. The van der Waals surface area contributed by atoms with Crippen molar-refractivity contribution >= 4 is 34.1 Å². The second-order valence-corrected chi connectivity index (χ2v) is 5.92. The molecule has 0 atom stereocenters. The summed E-state index contributed by atoms with van der Waals surface area (Å²) in [6.45, 7) is 0. The Morgan fingerprint density at radius 2 is 0.679 bits per heavy atom. The predicted octanol–water partition coefficient (Wildman–Crippen LogP) is 6.01. The lowest BCUT2D eigenvalue weighted by Crippen LogP contribution is -2.96. The number of rotatable bonds is 6. The minimum absolute atomic E-state index is 0.822. The Kier molecular flexibility index (Phi) is 6.43. The minimum Gasteiger partial charge on any atom is -0.238 e. The van der Waals surface area contributed by atoms with Gasteiger partial charge in [0.05, 0.1) is 17.1 Å². The summed E-state index contributed by atoms with van der Waals surface area (Å²) in [5, 5.41) is 23.8. The molecular weight excluding hydrogens is 350 g/mol. The zero-order valence-corrected chi connectivity index (χ0v) is 16.1. The molecule has 0 aliphatic carbocycles. The molecule has 28 heavy (non-hydrogen) atoms. The van der Waals surface area contributed by atoms with Crippen LogP contribution in [0.2, 0.25) is 0 Å². The SMILES string of the molecule is CN=Nc1ccc([NH+](c2ccc(N=NC)cc2)c2ccc(N=NC)cc2)cc1. The Hall–Kier alpha value is -3.58. The zero-order valence-electron chi connectivity index (χ0n) is 16.1. The van der Waals surface area contributed by atoms with Crippen LogP contribution in [0, 0.1) is 0 Å². The summed E-state index contributed by atoms with van der Waals surface area (Å²) in [7, 11) is 4.99. The molecule has 0 aliphatic rings. The maximum atomic E-state index is 4.09. The third-order valence-corrected chi connectivity index (χ3v) is 4.11. The second-order valence-electron chi connectivity index (χ2n) is 5.92. The largest absolute Gasteiger partial charge is 0.238 e. The molecule has 0 saturated heterocycles. The molecule has 3 aromatic carbocycles. The van der Waals surface area contributed by atoms with Gasteiger partial charge < -0.3 is 0 Å². The van der Waals surface area contributed by atoms with Crippen molar-refractivity contribution in [2.45, 2.75) is 0 Å². The highest BCUT2D eigenvalue weighted by molar-refractivity contribution is 5.53. The molecule has 0 bridgehead atoms. The Labute approximate surface area is 164 Å². The van der Waals surface area contributed by atoms with E-state index in [1.54, 1.807) is 21.1 Å². The molecule has 0 heterocycles. The maximum Gasteiger partial charge on any atom is 0.141 e. The van der Waals surface area contributed by atoms with Crippen molar-refractivity contribution in [2.75, 3.05) is 21.1 Å². The third kappa shape index (κ3) is 4.57. The van der Waals surface area contributed by atoms with Crippen molar-refractivity contribution in [1.82, 2.24) is 0 Å². The van der Waals surface area contributed by atoms with Crippen LogP contribution in [0.4, 0.5) is 34.1 Å². The van der Waals surface area contributed by atoms with Gasteiger partial charge in [0.25, 0.3) is 0 Å². The number of nitrogens with one attached hydrogen (secondary N) is 1. The molecule has 0 radical (unpaired) electrons. The minimum atomic E-state index is 0.822. The Bertz CT molecular complexity index is 841. The molecule has 0 amide bonds. The molecule has 140 valence electrons. The van der Waals surface area contributed by atoms with E-state index in [1.165, 1.54) is 0 Å². The summed E-state index contributed by atoms with van der Waals surface area (Å²) in [6.07, 6.45) is 0. The number of hydrogen-bond acceptors (Lipinski definition) is 6. The van der Waals surface area contributed by atoms with Crippen LogP contribution < -0.4 is 4.90 Å². The molecule has 0 aliphatic heterocycles. The lowest BCUT2D eigenvalue weighted by atomic mass is 10.1. The average Bonchev–Trinajstić information content (AvgIpc) is 2.73. The Balaban J connectivity index is 2.04. The van der Waals surface area contributed by atoms with E-state index < -0.39 is 0 Å². The van der Waals surface area contributed by atoms with Crippen molar-refractivity contribution in [1.29, 1.82) is 0 Å². The first kappa shape index (κ1) is 19.2. The van der Waals surface area contributed by atoms with Crippen LogP contribution >= 0.6 is 0 Å². The average molecular weight is 372 g/mol. The van der Waals surface area contributed by atoms with E-state index in [4.69, 9.17) is 0 Å². The normalized spacial score (nSPS) is 13.0. The molecule has 3 aromatic rings. The fraction of sp³-hybridized carbons (Fsp3) is 0.143. The van der Waals surface area contributed by atoms with Crippen LogP contribution in [-0.2, 0) is 0 Å². The molecule has 7 heteroatoms. The van der Waals surface area contributed by atoms with Gasteiger partial charge in [0.2, 0.25) is 0 Å². The number of quaternary nitrogens is 1. The lowest BCUT2D eigenvalue weighted by molar-refractivity contribution is -0.681. The monoisotopic (exact) mass is 372 g/mol. The first-order valence-electron chi connectivity index (χ1n) is 8.83. The van der Waals surface area contributed by atoms with Crippen LogP contribution in [0.5, 0.6) is 0 Å². The standard InChI is InChI=1S/C21H21N7/c1-22-25-16-4-10-19(11-5-16)28(20-12-6-17(7-13-20)26-23-2)21-14-8-18(9-15-21)27-24-3/h4-15H,1-3H3/p+1. The van der Waals surface area contributed by atoms with Gasteiger partial charge in [-0.25, -0.2) is 4.90 Å². The molecule has 7 nitrogen and oxygen atoms in total. The molecule has 0 fully saturated rings. The maximum absolute atomic E-state index is 4.09. The summed E-state index contributed by atoms with van der Waals surface area (Å²) in [4.78, 5) is 1.11. The van der Waals surface area contributed by atoms with Gasteiger partial charge in [0, 0.05) is 57.5 Å². The first-order valence-corrected chi connectivity index (χ1v) is 8.83. The van der Waals surface area contributed by atoms with Gasteiger partial charge in [-0.05, 0) is 36.4 Å². The van der Waals surface area contributed by atoms with E-state index in [-0.39, 0.29) is 0 Å². The molecule has 0 saturated carbocycles. The van der Waals surface area contributed by atoms with Crippen molar-refractivity contribution in [3.63, 3.8) is 0 Å². The fourth-order valence-electron chi connectivity index (χ4n) is 2.93. The van der Waals surface area contributed by atoms with E-state index in [9.17, 15) is 0 Å². The summed E-state index contributed by atoms with van der Waals surface area (Å²) in [5.41, 5.74) is 5.73. The predicted molar refractivity (Wildman–Crippen MR) is 111 cm³/mol. The van der Waals surface area contributed by atoms with Crippen LogP contribution in [-0.4, -0.2) is 21.1 Å². The van der Waals surface area contributed by atoms with Gasteiger partial charge in [-0.2, -0.15) is 30.7 Å². The second kappa shape index (κ2) is 9.38. The van der Waals surface area contributed by atoms with Crippen LogP contribution in [0.1, 0.15) is 0 Å². The van der Waals surface area contributed by atoms with Gasteiger partial charge in [-0.3, -0.25) is 0 Å². The smallest absolute Gasteiger partial charge is 0.141 e. The molecule has 0 unspecified atom stereocenters. The summed E-state index contributed by atoms with van der Waals surface area (Å²) in [6, 6.07) is 24.1. The number of nitrogens with zero attached hydrogens (tertiary/aromatic N) is 6. The highest BCUT2D eigenvalue weighted by Gasteiger charge is 2.19. The van der Waals surface area contributed by atoms with E-state index in [1.807, 2.05) is 36.4 Å². The van der Waals surface area contributed by atoms with Crippen LogP contribution in [0.25, 0.3) is 0 Å².